The lowest BCUT2D eigenvalue weighted by Crippen LogP contribution is -2.15. The summed E-state index contributed by atoms with van der Waals surface area (Å²) in [6, 6.07) is 1.64. The fourth-order valence-corrected chi connectivity index (χ4v) is 1.63. The van der Waals surface area contributed by atoms with Gasteiger partial charge in [-0.25, -0.2) is 0 Å². The van der Waals surface area contributed by atoms with Gasteiger partial charge < -0.3 is 14.9 Å². The Morgan fingerprint density at radius 2 is 2.40 bits per heavy atom. The van der Waals surface area contributed by atoms with Gasteiger partial charge in [0.2, 0.25) is 5.91 Å². The Morgan fingerprint density at radius 1 is 1.60 bits per heavy atom. The maximum Gasteiger partial charge on any atom is 0.227 e. The van der Waals surface area contributed by atoms with Crippen LogP contribution in [0.4, 0.5) is 5.82 Å². The molecule has 0 bridgehead atoms. The minimum atomic E-state index is -0.615. The highest BCUT2D eigenvalue weighted by Crippen LogP contribution is 2.12. The monoisotopic (exact) mass is 279 g/mol. The zero-order chi connectivity index (χ0) is 14.5. The van der Waals surface area contributed by atoms with Gasteiger partial charge in [0.25, 0.3) is 0 Å². The van der Waals surface area contributed by atoms with Gasteiger partial charge in [0, 0.05) is 12.5 Å². The van der Waals surface area contributed by atoms with E-state index in [1.807, 2.05) is 6.92 Å². The summed E-state index contributed by atoms with van der Waals surface area (Å²) in [4.78, 5) is 11.7. The lowest BCUT2D eigenvalue weighted by molar-refractivity contribution is -0.116. The molecule has 8 heteroatoms. The Labute approximate surface area is 115 Å². The van der Waals surface area contributed by atoms with Crippen LogP contribution >= 0.6 is 0 Å². The molecule has 2 N–H and O–H groups in total. The van der Waals surface area contributed by atoms with Crippen LogP contribution < -0.4 is 5.32 Å². The number of anilines is 1. The summed E-state index contributed by atoms with van der Waals surface area (Å²) in [5.74, 6) is 0.842. The van der Waals surface area contributed by atoms with E-state index in [1.54, 1.807) is 19.2 Å². The fraction of sp³-hybridized carbons (Fsp3) is 0.500. The summed E-state index contributed by atoms with van der Waals surface area (Å²) in [5.41, 5.74) is 0.514. The van der Waals surface area contributed by atoms with Crippen LogP contribution in [0.5, 0.6) is 0 Å². The van der Waals surface area contributed by atoms with Gasteiger partial charge in [-0.05, 0) is 13.3 Å². The second-order valence-corrected chi connectivity index (χ2v) is 4.45. The SMILES string of the molecule is CCC(O)c1cn(CCC(=O)Nc2cc(C)on2)nn1. The van der Waals surface area contributed by atoms with Crippen molar-refractivity contribution in [1.29, 1.82) is 0 Å². The van der Waals surface area contributed by atoms with Gasteiger partial charge in [0.05, 0.1) is 18.8 Å². The second-order valence-electron chi connectivity index (χ2n) is 4.45. The molecule has 20 heavy (non-hydrogen) atoms. The fourth-order valence-electron chi connectivity index (χ4n) is 1.63. The van der Waals surface area contributed by atoms with Crippen molar-refractivity contribution in [1.82, 2.24) is 20.2 Å². The third-order valence-electron chi connectivity index (χ3n) is 2.75. The van der Waals surface area contributed by atoms with E-state index in [0.29, 0.717) is 30.2 Å². The molecule has 2 rings (SSSR count). The normalized spacial score (nSPS) is 12.3. The Morgan fingerprint density at radius 3 is 3.05 bits per heavy atom. The summed E-state index contributed by atoms with van der Waals surface area (Å²) in [7, 11) is 0. The highest BCUT2D eigenvalue weighted by atomic mass is 16.5. The third-order valence-corrected chi connectivity index (χ3v) is 2.75. The number of amides is 1. The Kier molecular flexibility index (Phi) is 4.46. The largest absolute Gasteiger partial charge is 0.387 e. The molecule has 0 radical (unpaired) electrons. The van der Waals surface area contributed by atoms with Crippen LogP contribution in [0.25, 0.3) is 0 Å². The predicted molar refractivity (Wildman–Crippen MR) is 69.8 cm³/mol. The van der Waals surface area contributed by atoms with Crippen molar-refractivity contribution >= 4 is 11.7 Å². The summed E-state index contributed by atoms with van der Waals surface area (Å²) in [5, 5.41) is 23.6. The minimum Gasteiger partial charge on any atom is -0.387 e. The molecule has 0 aliphatic rings. The van der Waals surface area contributed by atoms with Gasteiger partial charge in [-0.2, -0.15) is 0 Å². The van der Waals surface area contributed by atoms with E-state index in [-0.39, 0.29) is 12.3 Å². The van der Waals surface area contributed by atoms with E-state index in [9.17, 15) is 9.90 Å². The topological polar surface area (TPSA) is 106 Å². The zero-order valence-electron chi connectivity index (χ0n) is 11.4. The van der Waals surface area contributed by atoms with Crippen molar-refractivity contribution in [2.75, 3.05) is 5.32 Å². The molecule has 1 unspecified atom stereocenters. The van der Waals surface area contributed by atoms with E-state index in [0.717, 1.165) is 0 Å². The Bertz CT molecular complexity index is 577. The highest BCUT2D eigenvalue weighted by molar-refractivity contribution is 5.89. The number of nitrogens with zero attached hydrogens (tertiary/aromatic N) is 4. The number of hydrogen-bond donors (Lipinski definition) is 2. The van der Waals surface area contributed by atoms with Crippen molar-refractivity contribution in [2.24, 2.45) is 0 Å². The number of aliphatic hydroxyl groups is 1. The Hall–Kier alpha value is -2.22. The average Bonchev–Trinajstić information content (AvgIpc) is 3.05. The molecule has 2 heterocycles. The minimum absolute atomic E-state index is 0.189. The van der Waals surface area contributed by atoms with Gasteiger partial charge in [0.1, 0.15) is 11.5 Å². The molecule has 0 saturated heterocycles. The third kappa shape index (κ3) is 3.64. The molecule has 2 aromatic rings. The number of carbonyl (C=O) groups is 1. The second kappa shape index (κ2) is 6.29. The molecule has 108 valence electrons. The van der Waals surface area contributed by atoms with Crippen molar-refractivity contribution in [3.05, 3.63) is 23.7 Å². The van der Waals surface area contributed by atoms with Gasteiger partial charge in [-0.1, -0.05) is 17.3 Å². The van der Waals surface area contributed by atoms with Crippen LogP contribution in [-0.2, 0) is 11.3 Å². The molecule has 1 amide bonds. The molecule has 0 fully saturated rings. The number of rotatable bonds is 6. The van der Waals surface area contributed by atoms with Crippen LogP contribution in [0.15, 0.2) is 16.8 Å². The molecule has 1 atom stereocenters. The highest BCUT2D eigenvalue weighted by Gasteiger charge is 2.11. The summed E-state index contributed by atoms with van der Waals surface area (Å²) >= 11 is 0. The van der Waals surface area contributed by atoms with E-state index < -0.39 is 6.10 Å². The molecular weight excluding hydrogens is 262 g/mol. The molecular formula is C12H17N5O3. The summed E-state index contributed by atoms with van der Waals surface area (Å²) in [6.07, 6.45) is 1.83. The van der Waals surface area contributed by atoms with Crippen LogP contribution in [0.1, 0.15) is 37.3 Å². The smallest absolute Gasteiger partial charge is 0.227 e. The van der Waals surface area contributed by atoms with Gasteiger partial charge in [-0.15, -0.1) is 5.10 Å². The van der Waals surface area contributed by atoms with Crippen LogP contribution in [0, 0.1) is 6.92 Å². The molecule has 0 spiro atoms. The van der Waals surface area contributed by atoms with E-state index in [4.69, 9.17) is 4.52 Å². The first-order valence-corrected chi connectivity index (χ1v) is 6.39. The summed E-state index contributed by atoms with van der Waals surface area (Å²) < 4.78 is 6.38. The number of hydrogen-bond acceptors (Lipinski definition) is 6. The van der Waals surface area contributed by atoms with E-state index in [1.165, 1.54) is 4.68 Å². The lowest BCUT2D eigenvalue weighted by Gasteiger charge is -2.02. The zero-order valence-corrected chi connectivity index (χ0v) is 11.4. The average molecular weight is 279 g/mol. The molecule has 0 aliphatic heterocycles. The molecule has 0 aromatic carbocycles. The van der Waals surface area contributed by atoms with E-state index >= 15 is 0 Å². The quantitative estimate of drug-likeness (QED) is 0.818. The molecule has 2 aromatic heterocycles. The van der Waals surface area contributed by atoms with Crippen LogP contribution in [0.2, 0.25) is 0 Å². The number of aromatic nitrogens is 4. The maximum atomic E-state index is 11.7. The van der Waals surface area contributed by atoms with Gasteiger partial charge in [-0.3, -0.25) is 9.48 Å². The summed E-state index contributed by atoms with van der Waals surface area (Å²) in [6.45, 7) is 3.99. The lowest BCUT2D eigenvalue weighted by atomic mass is 10.2. The first-order valence-electron chi connectivity index (χ1n) is 6.39. The number of carbonyl (C=O) groups excluding carboxylic acids is 1. The van der Waals surface area contributed by atoms with Gasteiger partial charge in [0.15, 0.2) is 5.82 Å². The molecule has 0 aliphatic carbocycles. The predicted octanol–water partition coefficient (Wildman–Crippen LogP) is 1.05. The van der Waals surface area contributed by atoms with E-state index in [2.05, 4.69) is 20.8 Å². The standard InChI is InChI=1S/C12H17N5O3/c1-3-10(18)9-7-17(16-14-9)5-4-12(19)13-11-6-8(2)20-15-11/h6-7,10,18H,3-5H2,1-2H3,(H,13,15,19). The first kappa shape index (κ1) is 14.2. The molecule has 8 nitrogen and oxygen atoms in total. The van der Waals surface area contributed by atoms with Crippen molar-refractivity contribution in [3.8, 4) is 0 Å². The Balaban J connectivity index is 1.82. The number of aryl methyl sites for hydroxylation is 2. The first-order chi connectivity index (χ1) is 9.58. The maximum absolute atomic E-state index is 11.7. The van der Waals surface area contributed by atoms with Gasteiger partial charge >= 0.3 is 0 Å². The van der Waals surface area contributed by atoms with Crippen molar-refractivity contribution in [2.45, 2.75) is 39.3 Å². The van der Waals surface area contributed by atoms with Crippen molar-refractivity contribution in [3.63, 3.8) is 0 Å². The number of nitrogens with one attached hydrogen (secondary N) is 1. The molecule has 0 saturated carbocycles. The van der Waals surface area contributed by atoms with Crippen molar-refractivity contribution < 1.29 is 14.4 Å². The van der Waals surface area contributed by atoms with Crippen LogP contribution in [-0.4, -0.2) is 31.2 Å². The number of aliphatic hydroxyl groups excluding tert-OH is 1. The van der Waals surface area contributed by atoms with Crippen LogP contribution in [0.3, 0.4) is 0 Å².